The van der Waals surface area contributed by atoms with Crippen molar-refractivity contribution in [2.45, 2.75) is 17.2 Å². The Morgan fingerprint density at radius 2 is 1.65 bits per heavy atom. The van der Waals surface area contributed by atoms with Crippen LogP contribution in [0.4, 0.5) is 0 Å². The molecule has 1 aromatic heterocycles. The minimum atomic E-state index is -3.40. The van der Waals surface area contributed by atoms with Crippen molar-refractivity contribution in [2.75, 3.05) is 0 Å². The lowest BCUT2D eigenvalue weighted by Gasteiger charge is -2.12. The van der Waals surface area contributed by atoms with Crippen LogP contribution >= 0.6 is 0 Å². The van der Waals surface area contributed by atoms with Gasteiger partial charge in [0.2, 0.25) is 9.84 Å². The van der Waals surface area contributed by atoms with Gasteiger partial charge in [-0.25, -0.2) is 13.4 Å². The summed E-state index contributed by atoms with van der Waals surface area (Å²) in [6, 6.07) is 14.1. The summed E-state index contributed by atoms with van der Waals surface area (Å²) in [4.78, 5) is 3.91. The van der Waals surface area contributed by atoms with E-state index in [-0.39, 0.29) is 5.03 Å². The van der Waals surface area contributed by atoms with E-state index in [1.54, 1.807) is 19.1 Å². The molecule has 1 heterocycles. The molecule has 3 nitrogen and oxygen atoms in total. The van der Waals surface area contributed by atoms with E-state index in [1.807, 2.05) is 30.3 Å². The normalized spacial score (nSPS) is 13.2. The fraction of sp³-hybridized carbons (Fsp3) is 0.154. The van der Waals surface area contributed by atoms with Gasteiger partial charge in [0.15, 0.2) is 5.03 Å². The monoisotopic (exact) mass is 247 g/mol. The maximum absolute atomic E-state index is 12.3. The lowest BCUT2D eigenvalue weighted by Crippen LogP contribution is -2.11. The molecule has 0 radical (unpaired) electrons. The third-order valence-electron chi connectivity index (χ3n) is 2.66. The zero-order valence-corrected chi connectivity index (χ0v) is 10.3. The zero-order chi connectivity index (χ0) is 12.3. The van der Waals surface area contributed by atoms with Crippen molar-refractivity contribution >= 4 is 9.84 Å². The Balaban J connectivity index is 2.41. The molecule has 1 unspecified atom stereocenters. The maximum Gasteiger partial charge on any atom is 0.202 e. The van der Waals surface area contributed by atoms with Gasteiger partial charge in [0.05, 0.1) is 5.25 Å². The third kappa shape index (κ3) is 2.36. The van der Waals surface area contributed by atoms with Crippen LogP contribution in [0, 0.1) is 0 Å². The highest BCUT2D eigenvalue weighted by atomic mass is 32.2. The van der Waals surface area contributed by atoms with Crippen molar-refractivity contribution < 1.29 is 8.42 Å². The summed E-state index contributed by atoms with van der Waals surface area (Å²) in [6.07, 6.45) is 1.49. The SMILES string of the molecule is CC(c1ccccc1)S(=O)(=O)c1ccccn1. The molecule has 0 N–H and O–H groups in total. The molecule has 2 rings (SSSR count). The van der Waals surface area contributed by atoms with Crippen LogP contribution in [0.5, 0.6) is 0 Å². The van der Waals surface area contributed by atoms with E-state index >= 15 is 0 Å². The number of pyridine rings is 1. The minimum Gasteiger partial charge on any atom is -0.245 e. The van der Waals surface area contributed by atoms with Gasteiger partial charge in [0.1, 0.15) is 0 Å². The number of sulfone groups is 1. The number of benzene rings is 1. The van der Waals surface area contributed by atoms with Crippen LogP contribution < -0.4 is 0 Å². The number of nitrogens with zero attached hydrogens (tertiary/aromatic N) is 1. The summed E-state index contributed by atoms with van der Waals surface area (Å²) >= 11 is 0. The van der Waals surface area contributed by atoms with E-state index in [9.17, 15) is 8.42 Å². The quantitative estimate of drug-likeness (QED) is 0.837. The van der Waals surface area contributed by atoms with Gasteiger partial charge in [0.25, 0.3) is 0 Å². The van der Waals surface area contributed by atoms with Gasteiger partial charge in [-0.15, -0.1) is 0 Å². The first-order valence-corrected chi connectivity index (χ1v) is 6.87. The van der Waals surface area contributed by atoms with E-state index in [4.69, 9.17) is 0 Å². The second-order valence-corrected chi connectivity index (χ2v) is 5.98. The molecule has 0 spiro atoms. The highest BCUT2D eigenvalue weighted by molar-refractivity contribution is 7.91. The summed E-state index contributed by atoms with van der Waals surface area (Å²) < 4.78 is 24.5. The molecule has 0 amide bonds. The highest BCUT2D eigenvalue weighted by Crippen LogP contribution is 2.26. The second-order valence-electron chi connectivity index (χ2n) is 3.77. The van der Waals surface area contributed by atoms with Crippen molar-refractivity contribution in [3.63, 3.8) is 0 Å². The predicted molar refractivity (Wildman–Crippen MR) is 66.3 cm³/mol. The van der Waals surface area contributed by atoms with Crippen LogP contribution in [0.25, 0.3) is 0 Å². The van der Waals surface area contributed by atoms with Crippen molar-refractivity contribution in [3.05, 3.63) is 60.3 Å². The smallest absolute Gasteiger partial charge is 0.202 e. The van der Waals surface area contributed by atoms with Crippen molar-refractivity contribution in [1.82, 2.24) is 4.98 Å². The van der Waals surface area contributed by atoms with Crippen molar-refractivity contribution in [2.24, 2.45) is 0 Å². The molecule has 0 saturated heterocycles. The average molecular weight is 247 g/mol. The lowest BCUT2D eigenvalue weighted by molar-refractivity contribution is 0.582. The van der Waals surface area contributed by atoms with Gasteiger partial charge < -0.3 is 0 Å². The van der Waals surface area contributed by atoms with Crippen molar-refractivity contribution in [3.8, 4) is 0 Å². The largest absolute Gasteiger partial charge is 0.245 e. The van der Waals surface area contributed by atoms with Gasteiger partial charge >= 0.3 is 0 Å². The summed E-state index contributed by atoms with van der Waals surface area (Å²) in [6.45, 7) is 1.68. The molecule has 0 aliphatic heterocycles. The predicted octanol–water partition coefficient (Wildman–Crippen LogP) is 2.62. The molecule has 1 aromatic carbocycles. The van der Waals surface area contributed by atoms with E-state index in [1.165, 1.54) is 12.3 Å². The Morgan fingerprint density at radius 1 is 1.00 bits per heavy atom. The standard InChI is InChI=1S/C13H13NO2S/c1-11(12-7-3-2-4-8-12)17(15,16)13-9-5-6-10-14-13/h2-11H,1H3. The van der Waals surface area contributed by atoms with Gasteiger partial charge in [-0.05, 0) is 24.6 Å². The first kappa shape index (κ1) is 11.8. The molecule has 88 valence electrons. The maximum atomic E-state index is 12.3. The Labute approximate surface area is 101 Å². The molecule has 17 heavy (non-hydrogen) atoms. The van der Waals surface area contributed by atoms with E-state index in [2.05, 4.69) is 4.98 Å². The van der Waals surface area contributed by atoms with E-state index < -0.39 is 15.1 Å². The first-order valence-electron chi connectivity index (χ1n) is 5.32. The van der Waals surface area contributed by atoms with Crippen LogP contribution in [0.3, 0.4) is 0 Å². The molecule has 2 aromatic rings. The topological polar surface area (TPSA) is 47.0 Å². The fourth-order valence-electron chi connectivity index (χ4n) is 1.60. The average Bonchev–Trinajstić information content (AvgIpc) is 2.40. The van der Waals surface area contributed by atoms with Crippen LogP contribution in [0.1, 0.15) is 17.7 Å². The fourth-order valence-corrected chi connectivity index (χ4v) is 2.95. The molecular weight excluding hydrogens is 234 g/mol. The van der Waals surface area contributed by atoms with Gasteiger partial charge in [-0.3, -0.25) is 0 Å². The minimum absolute atomic E-state index is 0.122. The van der Waals surface area contributed by atoms with Crippen LogP contribution in [-0.2, 0) is 9.84 Å². The van der Waals surface area contributed by atoms with Crippen LogP contribution in [0.2, 0.25) is 0 Å². The Hall–Kier alpha value is -1.68. The molecule has 4 heteroatoms. The summed E-state index contributed by atoms with van der Waals surface area (Å²) in [5.41, 5.74) is 0.776. The van der Waals surface area contributed by atoms with E-state index in [0.717, 1.165) is 5.56 Å². The summed E-state index contributed by atoms with van der Waals surface area (Å²) in [7, 11) is -3.40. The number of hydrogen-bond acceptors (Lipinski definition) is 3. The number of hydrogen-bond donors (Lipinski definition) is 0. The highest BCUT2D eigenvalue weighted by Gasteiger charge is 2.25. The lowest BCUT2D eigenvalue weighted by atomic mass is 10.2. The second kappa shape index (κ2) is 4.67. The van der Waals surface area contributed by atoms with E-state index in [0.29, 0.717) is 0 Å². The Kier molecular flexibility index (Phi) is 3.24. The first-order chi connectivity index (χ1) is 8.12. The van der Waals surface area contributed by atoms with Crippen LogP contribution in [-0.4, -0.2) is 13.4 Å². The van der Waals surface area contributed by atoms with Crippen molar-refractivity contribution in [1.29, 1.82) is 0 Å². The Morgan fingerprint density at radius 3 is 2.24 bits per heavy atom. The third-order valence-corrected chi connectivity index (χ3v) is 4.69. The molecule has 0 aliphatic carbocycles. The summed E-state index contributed by atoms with van der Waals surface area (Å²) in [5, 5.41) is -0.463. The molecule has 0 fully saturated rings. The summed E-state index contributed by atoms with van der Waals surface area (Å²) in [5.74, 6) is 0. The molecule has 0 aliphatic rings. The van der Waals surface area contributed by atoms with Gasteiger partial charge in [-0.1, -0.05) is 36.4 Å². The Bertz CT molecular complexity index is 579. The molecular formula is C13H13NO2S. The molecule has 1 atom stereocenters. The van der Waals surface area contributed by atoms with Gasteiger partial charge in [-0.2, -0.15) is 0 Å². The number of aromatic nitrogens is 1. The number of rotatable bonds is 3. The van der Waals surface area contributed by atoms with Crippen LogP contribution in [0.15, 0.2) is 59.8 Å². The molecule has 0 bridgehead atoms. The van der Waals surface area contributed by atoms with Gasteiger partial charge in [0, 0.05) is 6.20 Å². The zero-order valence-electron chi connectivity index (χ0n) is 9.45. The molecule has 0 saturated carbocycles.